The molecule has 3 aromatic rings. The van der Waals surface area contributed by atoms with Gasteiger partial charge in [0.05, 0.1) is 42.9 Å². The fraction of sp³-hybridized carbons (Fsp3) is 0.222. The molecule has 8 heteroatoms. The van der Waals surface area contributed by atoms with Gasteiger partial charge < -0.3 is 10.1 Å². The van der Waals surface area contributed by atoms with Crippen LogP contribution in [0.5, 0.6) is 0 Å². The van der Waals surface area contributed by atoms with Gasteiger partial charge in [0, 0.05) is 18.9 Å². The molecule has 2 aromatic heterocycles. The third kappa shape index (κ3) is 3.49. The number of anilines is 1. The van der Waals surface area contributed by atoms with Crippen molar-refractivity contribution in [2.75, 3.05) is 12.4 Å². The maximum atomic E-state index is 12.3. The molecule has 0 aliphatic rings. The summed E-state index contributed by atoms with van der Waals surface area (Å²) in [5.41, 5.74) is 3.12. The van der Waals surface area contributed by atoms with E-state index in [0.29, 0.717) is 23.4 Å². The summed E-state index contributed by atoms with van der Waals surface area (Å²) in [5.74, 6) is -0.640. The van der Waals surface area contributed by atoms with Crippen molar-refractivity contribution in [3.8, 4) is 0 Å². The van der Waals surface area contributed by atoms with E-state index in [0.717, 1.165) is 11.3 Å². The highest BCUT2D eigenvalue weighted by molar-refractivity contribution is 6.04. The first-order valence-electron chi connectivity index (χ1n) is 7.98. The van der Waals surface area contributed by atoms with E-state index in [2.05, 4.69) is 15.5 Å². The molecule has 0 aliphatic heterocycles. The average Bonchev–Trinajstić information content (AvgIpc) is 3.21. The minimum atomic E-state index is -0.395. The summed E-state index contributed by atoms with van der Waals surface area (Å²) in [6.45, 7) is 2.21. The summed E-state index contributed by atoms with van der Waals surface area (Å²) in [6, 6.07) is 7.17. The van der Waals surface area contributed by atoms with Gasteiger partial charge in [0.1, 0.15) is 0 Å². The highest BCUT2D eigenvalue weighted by Crippen LogP contribution is 2.15. The van der Waals surface area contributed by atoms with Gasteiger partial charge in [0.15, 0.2) is 0 Å². The molecule has 0 fully saturated rings. The molecule has 0 radical (unpaired) electrons. The molecular formula is C18H19N5O3. The van der Waals surface area contributed by atoms with Gasteiger partial charge in [-0.3, -0.25) is 14.2 Å². The Kier molecular flexibility index (Phi) is 4.83. The van der Waals surface area contributed by atoms with E-state index in [4.69, 9.17) is 4.74 Å². The van der Waals surface area contributed by atoms with Crippen LogP contribution in [0.1, 0.15) is 32.0 Å². The van der Waals surface area contributed by atoms with E-state index < -0.39 is 5.97 Å². The summed E-state index contributed by atoms with van der Waals surface area (Å²) in [5, 5.41) is 11.1. The highest BCUT2D eigenvalue weighted by atomic mass is 16.5. The molecule has 1 N–H and O–H groups in total. The van der Waals surface area contributed by atoms with Crippen molar-refractivity contribution in [3.05, 3.63) is 65.2 Å². The Morgan fingerprint density at radius 3 is 2.62 bits per heavy atom. The molecule has 0 saturated heterocycles. The summed E-state index contributed by atoms with van der Waals surface area (Å²) < 4.78 is 8.09. The van der Waals surface area contributed by atoms with Crippen LogP contribution in [-0.4, -0.2) is 38.5 Å². The smallest absolute Gasteiger partial charge is 0.338 e. The van der Waals surface area contributed by atoms with Crippen LogP contribution in [-0.2, 0) is 18.3 Å². The Hall–Kier alpha value is -3.42. The number of methoxy groups -OCH3 is 1. The topological polar surface area (TPSA) is 91.0 Å². The Labute approximate surface area is 150 Å². The van der Waals surface area contributed by atoms with Crippen molar-refractivity contribution in [3.63, 3.8) is 0 Å². The second kappa shape index (κ2) is 7.22. The largest absolute Gasteiger partial charge is 0.465 e. The van der Waals surface area contributed by atoms with Crippen molar-refractivity contribution >= 4 is 17.6 Å². The number of rotatable bonds is 5. The highest BCUT2D eigenvalue weighted by Gasteiger charge is 2.15. The second-order valence-corrected chi connectivity index (χ2v) is 5.80. The number of aromatic nitrogens is 4. The molecule has 2 heterocycles. The van der Waals surface area contributed by atoms with Crippen LogP contribution in [0.25, 0.3) is 0 Å². The van der Waals surface area contributed by atoms with Gasteiger partial charge in [0.2, 0.25) is 0 Å². The van der Waals surface area contributed by atoms with Crippen LogP contribution >= 0.6 is 0 Å². The van der Waals surface area contributed by atoms with Gasteiger partial charge in [-0.2, -0.15) is 10.2 Å². The van der Waals surface area contributed by atoms with Crippen LogP contribution in [0.15, 0.2) is 42.9 Å². The average molecular weight is 353 g/mol. The van der Waals surface area contributed by atoms with Gasteiger partial charge in [-0.15, -0.1) is 0 Å². The molecular weight excluding hydrogens is 334 g/mol. The van der Waals surface area contributed by atoms with Crippen molar-refractivity contribution < 1.29 is 14.3 Å². The van der Waals surface area contributed by atoms with E-state index in [9.17, 15) is 9.59 Å². The number of amides is 1. The molecule has 1 aromatic carbocycles. The number of hydrogen-bond acceptors (Lipinski definition) is 5. The van der Waals surface area contributed by atoms with E-state index in [1.165, 1.54) is 13.3 Å². The molecule has 0 atom stereocenters. The first-order chi connectivity index (χ1) is 12.5. The lowest BCUT2D eigenvalue weighted by molar-refractivity contribution is 0.0599. The first-order valence-corrected chi connectivity index (χ1v) is 7.98. The lowest BCUT2D eigenvalue weighted by atomic mass is 10.1. The number of carbonyl (C=O) groups excluding carboxylic acids is 2. The maximum Gasteiger partial charge on any atom is 0.338 e. The molecule has 1 amide bonds. The Morgan fingerprint density at radius 2 is 1.92 bits per heavy atom. The zero-order chi connectivity index (χ0) is 18.7. The number of nitrogens with zero attached hydrogens (tertiary/aromatic N) is 4. The zero-order valence-electron chi connectivity index (χ0n) is 14.8. The molecule has 0 bridgehead atoms. The van der Waals surface area contributed by atoms with E-state index in [1.54, 1.807) is 40.9 Å². The normalized spacial score (nSPS) is 10.6. The van der Waals surface area contributed by atoms with Gasteiger partial charge in [-0.1, -0.05) is 18.2 Å². The van der Waals surface area contributed by atoms with E-state index in [1.807, 2.05) is 19.1 Å². The standard InChI is InChI=1S/C18H19N5O3/c1-12-16(9-19-22(12)2)17(24)21-14-8-20-23(11-14)10-13-6-4-5-7-15(13)18(25)26-3/h4-9,11H,10H2,1-3H3,(H,21,24). The summed E-state index contributed by atoms with van der Waals surface area (Å²) >= 11 is 0. The minimum Gasteiger partial charge on any atom is -0.465 e. The van der Waals surface area contributed by atoms with Crippen molar-refractivity contribution in [2.45, 2.75) is 13.5 Å². The lowest BCUT2D eigenvalue weighted by Crippen LogP contribution is -2.12. The molecule has 26 heavy (non-hydrogen) atoms. The Bertz CT molecular complexity index is 957. The third-order valence-corrected chi connectivity index (χ3v) is 4.13. The van der Waals surface area contributed by atoms with Crippen LogP contribution in [0.3, 0.4) is 0 Å². The monoisotopic (exact) mass is 353 g/mol. The number of esters is 1. The molecule has 0 aliphatic carbocycles. The van der Waals surface area contributed by atoms with Crippen LogP contribution in [0.2, 0.25) is 0 Å². The van der Waals surface area contributed by atoms with Gasteiger partial charge in [-0.25, -0.2) is 4.79 Å². The van der Waals surface area contributed by atoms with Crippen LogP contribution < -0.4 is 5.32 Å². The van der Waals surface area contributed by atoms with Gasteiger partial charge in [0.25, 0.3) is 5.91 Å². The minimum absolute atomic E-state index is 0.245. The SMILES string of the molecule is COC(=O)c1ccccc1Cn1cc(NC(=O)c2cnn(C)c2C)cn1. The number of carbonyl (C=O) groups is 2. The predicted molar refractivity (Wildman–Crippen MR) is 95.0 cm³/mol. The number of nitrogens with one attached hydrogen (secondary N) is 1. The summed E-state index contributed by atoms with van der Waals surface area (Å²) in [7, 11) is 3.13. The third-order valence-electron chi connectivity index (χ3n) is 4.13. The Balaban J connectivity index is 1.74. The molecule has 0 saturated carbocycles. The van der Waals surface area contributed by atoms with Crippen molar-refractivity contribution in [2.24, 2.45) is 7.05 Å². The predicted octanol–water partition coefficient (Wildman–Crippen LogP) is 2.01. The molecule has 0 unspecified atom stereocenters. The fourth-order valence-electron chi connectivity index (χ4n) is 2.58. The van der Waals surface area contributed by atoms with Crippen molar-refractivity contribution in [1.82, 2.24) is 19.6 Å². The fourth-order valence-corrected chi connectivity index (χ4v) is 2.58. The molecule has 134 valence electrons. The lowest BCUT2D eigenvalue weighted by Gasteiger charge is -2.07. The summed E-state index contributed by atoms with van der Waals surface area (Å²) in [6.07, 6.45) is 4.80. The Morgan fingerprint density at radius 1 is 1.15 bits per heavy atom. The number of benzene rings is 1. The zero-order valence-corrected chi connectivity index (χ0v) is 14.8. The van der Waals surface area contributed by atoms with Crippen molar-refractivity contribution in [1.29, 1.82) is 0 Å². The number of ether oxygens (including phenoxy) is 1. The number of hydrogen-bond donors (Lipinski definition) is 1. The van der Waals surface area contributed by atoms with E-state index >= 15 is 0 Å². The summed E-state index contributed by atoms with van der Waals surface area (Å²) in [4.78, 5) is 24.2. The van der Waals surface area contributed by atoms with E-state index in [-0.39, 0.29) is 5.91 Å². The molecule has 0 spiro atoms. The maximum absolute atomic E-state index is 12.3. The second-order valence-electron chi connectivity index (χ2n) is 5.80. The number of aryl methyl sites for hydroxylation is 1. The quantitative estimate of drug-likeness (QED) is 0.709. The first kappa shape index (κ1) is 17.4. The van der Waals surface area contributed by atoms with Gasteiger partial charge in [-0.05, 0) is 18.6 Å². The van der Waals surface area contributed by atoms with Crippen LogP contribution in [0.4, 0.5) is 5.69 Å². The van der Waals surface area contributed by atoms with Gasteiger partial charge >= 0.3 is 5.97 Å². The van der Waals surface area contributed by atoms with Crippen LogP contribution in [0, 0.1) is 6.92 Å². The molecule has 3 rings (SSSR count). The molecule has 8 nitrogen and oxygen atoms in total.